The van der Waals surface area contributed by atoms with Gasteiger partial charge < -0.3 is 10.6 Å². The molecule has 0 aliphatic heterocycles. The highest BCUT2D eigenvalue weighted by molar-refractivity contribution is 9.10. The van der Waals surface area contributed by atoms with Crippen LogP contribution in [0.15, 0.2) is 40.9 Å². The van der Waals surface area contributed by atoms with E-state index in [4.69, 9.17) is 23.8 Å². The van der Waals surface area contributed by atoms with Crippen molar-refractivity contribution in [2.45, 2.75) is 13.8 Å². The van der Waals surface area contributed by atoms with E-state index in [1.54, 1.807) is 0 Å². The first-order valence-electron chi connectivity index (χ1n) is 6.06. The largest absolute Gasteiger partial charge is 0.332 e. The first-order chi connectivity index (χ1) is 9.47. The molecule has 0 amide bonds. The molecule has 2 N–H and O–H groups in total. The fourth-order valence-electron chi connectivity index (χ4n) is 1.75. The Morgan fingerprint density at radius 3 is 2.60 bits per heavy atom. The third-order valence-corrected chi connectivity index (χ3v) is 4.44. The van der Waals surface area contributed by atoms with Gasteiger partial charge in [-0.3, -0.25) is 0 Å². The van der Waals surface area contributed by atoms with E-state index >= 15 is 0 Å². The number of nitrogens with one attached hydrogen (secondary N) is 2. The van der Waals surface area contributed by atoms with Crippen LogP contribution in [0.1, 0.15) is 11.1 Å². The molecule has 2 rings (SSSR count). The minimum atomic E-state index is 0.539. The van der Waals surface area contributed by atoms with Crippen LogP contribution in [0.5, 0.6) is 0 Å². The molecule has 2 nitrogen and oxygen atoms in total. The smallest absolute Gasteiger partial charge is 0.175 e. The summed E-state index contributed by atoms with van der Waals surface area (Å²) in [6, 6.07) is 11.7. The van der Waals surface area contributed by atoms with Gasteiger partial charge in [0.25, 0.3) is 0 Å². The lowest BCUT2D eigenvalue weighted by Gasteiger charge is -2.13. The highest BCUT2D eigenvalue weighted by Crippen LogP contribution is 2.24. The summed E-state index contributed by atoms with van der Waals surface area (Å²) in [5.41, 5.74) is 3.98. The van der Waals surface area contributed by atoms with Crippen LogP contribution in [0, 0.1) is 13.8 Å². The van der Waals surface area contributed by atoms with Gasteiger partial charge in [-0.15, -0.1) is 0 Å². The molecular formula is C15H14BrClN2S. The second-order valence-corrected chi connectivity index (χ2v) is 6.13. The van der Waals surface area contributed by atoms with E-state index in [2.05, 4.69) is 26.6 Å². The van der Waals surface area contributed by atoms with E-state index in [0.717, 1.165) is 32.0 Å². The van der Waals surface area contributed by atoms with Gasteiger partial charge in [-0.05, 0) is 67.5 Å². The SMILES string of the molecule is Cc1cc(NC(=S)Nc2cccc(Cl)c2C)ccc1Br. The maximum Gasteiger partial charge on any atom is 0.175 e. The number of rotatable bonds is 2. The van der Waals surface area contributed by atoms with Gasteiger partial charge in [0.2, 0.25) is 0 Å². The van der Waals surface area contributed by atoms with Crippen LogP contribution in [0.3, 0.4) is 0 Å². The van der Waals surface area contributed by atoms with Gasteiger partial charge in [0.05, 0.1) is 0 Å². The molecular weight excluding hydrogens is 356 g/mol. The Labute approximate surface area is 137 Å². The Balaban J connectivity index is 2.09. The van der Waals surface area contributed by atoms with Crippen molar-refractivity contribution in [2.75, 3.05) is 10.6 Å². The van der Waals surface area contributed by atoms with Crippen molar-refractivity contribution >= 4 is 56.2 Å². The van der Waals surface area contributed by atoms with Crippen LogP contribution in [0.25, 0.3) is 0 Å². The lowest BCUT2D eigenvalue weighted by atomic mass is 10.2. The fraction of sp³-hybridized carbons (Fsp3) is 0.133. The molecule has 0 saturated carbocycles. The number of aryl methyl sites for hydroxylation is 1. The average molecular weight is 370 g/mol. The van der Waals surface area contributed by atoms with E-state index in [1.165, 1.54) is 0 Å². The quantitative estimate of drug-likeness (QED) is 0.681. The lowest BCUT2D eigenvalue weighted by Crippen LogP contribution is -2.19. The Kier molecular flexibility index (Phi) is 5.02. The summed E-state index contributed by atoms with van der Waals surface area (Å²) >= 11 is 14.9. The maximum atomic E-state index is 6.09. The summed E-state index contributed by atoms with van der Waals surface area (Å²) in [4.78, 5) is 0. The summed E-state index contributed by atoms with van der Waals surface area (Å²) < 4.78 is 1.08. The molecule has 0 aromatic heterocycles. The molecule has 0 aliphatic carbocycles. The van der Waals surface area contributed by atoms with E-state index < -0.39 is 0 Å². The molecule has 0 fully saturated rings. The van der Waals surface area contributed by atoms with Gasteiger partial charge >= 0.3 is 0 Å². The standard InChI is InChI=1S/C15H14BrClN2S/c1-9-8-11(6-7-12(9)16)18-15(20)19-14-5-3-4-13(17)10(14)2/h3-8H,1-2H3,(H2,18,19,20). The molecule has 0 heterocycles. The molecule has 20 heavy (non-hydrogen) atoms. The monoisotopic (exact) mass is 368 g/mol. The van der Waals surface area contributed by atoms with Gasteiger partial charge in [0, 0.05) is 20.9 Å². The van der Waals surface area contributed by atoms with Crippen molar-refractivity contribution in [3.05, 3.63) is 57.0 Å². The second-order valence-electron chi connectivity index (χ2n) is 4.46. The minimum Gasteiger partial charge on any atom is -0.332 e. The summed E-state index contributed by atoms with van der Waals surface area (Å²) in [6.07, 6.45) is 0. The fourth-order valence-corrected chi connectivity index (χ4v) is 2.40. The van der Waals surface area contributed by atoms with E-state index in [-0.39, 0.29) is 0 Å². The zero-order valence-corrected chi connectivity index (χ0v) is 14.3. The molecule has 0 bridgehead atoms. The molecule has 0 spiro atoms. The molecule has 0 saturated heterocycles. The molecule has 5 heteroatoms. The number of hydrogen-bond donors (Lipinski definition) is 2. The molecule has 0 unspecified atom stereocenters. The summed E-state index contributed by atoms with van der Waals surface area (Å²) in [5.74, 6) is 0. The third kappa shape index (κ3) is 3.72. The number of anilines is 2. The first-order valence-corrected chi connectivity index (χ1v) is 7.64. The summed E-state index contributed by atoms with van der Waals surface area (Å²) in [6.45, 7) is 3.99. The lowest BCUT2D eigenvalue weighted by molar-refractivity contribution is 1.42. The van der Waals surface area contributed by atoms with Crippen LogP contribution in [-0.4, -0.2) is 5.11 Å². The Morgan fingerprint density at radius 1 is 1.15 bits per heavy atom. The molecule has 0 atom stereocenters. The predicted molar refractivity (Wildman–Crippen MR) is 94.9 cm³/mol. The number of hydrogen-bond acceptors (Lipinski definition) is 1. The van der Waals surface area contributed by atoms with Crippen LogP contribution < -0.4 is 10.6 Å². The molecule has 2 aromatic rings. The number of halogens is 2. The van der Waals surface area contributed by atoms with Gasteiger partial charge in [-0.25, -0.2) is 0 Å². The zero-order valence-electron chi connectivity index (χ0n) is 11.1. The van der Waals surface area contributed by atoms with E-state index in [9.17, 15) is 0 Å². The Morgan fingerprint density at radius 2 is 1.90 bits per heavy atom. The summed E-state index contributed by atoms with van der Waals surface area (Å²) in [5, 5.41) is 7.58. The van der Waals surface area contributed by atoms with E-state index in [1.807, 2.05) is 50.2 Å². The number of thiocarbonyl (C=S) groups is 1. The Hall–Kier alpha value is -1.10. The van der Waals surface area contributed by atoms with Crippen LogP contribution in [0.2, 0.25) is 5.02 Å². The summed E-state index contributed by atoms with van der Waals surface area (Å²) in [7, 11) is 0. The van der Waals surface area contributed by atoms with E-state index in [0.29, 0.717) is 5.11 Å². The molecule has 0 aliphatic rings. The van der Waals surface area contributed by atoms with Crippen molar-refractivity contribution in [2.24, 2.45) is 0 Å². The highest BCUT2D eigenvalue weighted by atomic mass is 79.9. The van der Waals surface area contributed by atoms with Crippen molar-refractivity contribution in [3.8, 4) is 0 Å². The van der Waals surface area contributed by atoms with Crippen molar-refractivity contribution in [1.82, 2.24) is 0 Å². The average Bonchev–Trinajstić information content (AvgIpc) is 2.39. The second kappa shape index (κ2) is 6.57. The minimum absolute atomic E-state index is 0.539. The topological polar surface area (TPSA) is 24.1 Å². The predicted octanol–water partition coefficient (Wildman–Crippen LogP) is 5.53. The van der Waals surface area contributed by atoms with Gasteiger partial charge in [0.15, 0.2) is 5.11 Å². The molecule has 0 radical (unpaired) electrons. The highest BCUT2D eigenvalue weighted by Gasteiger charge is 2.05. The Bertz CT molecular complexity index is 658. The van der Waals surface area contributed by atoms with Crippen molar-refractivity contribution in [3.63, 3.8) is 0 Å². The molecule has 2 aromatic carbocycles. The molecule has 104 valence electrons. The van der Waals surface area contributed by atoms with Crippen LogP contribution in [-0.2, 0) is 0 Å². The van der Waals surface area contributed by atoms with Crippen molar-refractivity contribution in [1.29, 1.82) is 0 Å². The van der Waals surface area contributed by atoms with Gasteiger partial charge in [0.1, 0.15) is 0 Å². The normalized spacial score (nSPS) is 10.2. The van der Waals surface area contributed by atoms with Crippen molar-refractivity contribution < 1.29 is 0 Å². The van der Waals surface area contributed by atoms with Gasteiger partial charge in [-0.1, -0.05) is 33.6 Å². The zero-order chi connectivity index (χ0) is 14.7. The third-order valence-electron chi connectivity index (χ3n) is 2.93. The van der Waals surface area contributed by atoms with Crippen LogP contribution >= 0.6 is 39.7 Å². The van der Waals surface area contributed by atoms with Crippen LogP contribution in [0.4, 0.5) is 11.4 Å². The first kappa shape index (κ1) is 15.3. The number of benzene rings is 2. The maximum absolute atomic E-state index is 6.09. The van der Waals surface area contributed by atoms with Gasteiger partial charge in [-0.2, -0.15) is 0 Å².